The number of H-pyrrole nitrogens is 1. The van der Waals surface area contributed by atoms with Crippen LogP contribution in [0.3, 0.4) is 0 Å². The Morgan fingerprint density at radius 3 is 2.38 bits per heavy atom. The van der Waals surface area contributed by atoms with Gasteiger partial charge in [-0.15, -0.1) is 23.4 Å². The van der Waals surface area contributed by atoms with Crippen molar-refractivity contribution in [1.82, 2.24) is 20.0 Å². The Morgan fingerprint density at radius 1 is 1.12 bits per heavy atom. The van der Waals surface area contributed by atoms with Crippen molar-refractivity contribution in [2.75, 3.05) is 0 Å². The van der Waals surface area contributed by atoms with Crippen LogP contribution in [0, 0.1) is 6.92 Å². The molecule has 10 heteroatoms. The van der Waals surface area contributed by atoms with Gasteiger partial charge < -0.3 is 9.47 Å². The molecular formula is C16H13F3N4O3. The fourth-order valence-corrected chi connectivity index (χ4v) is 2.14. The second-order valence-electron chi connectivity index (χ2n) is 5.32. The molecular weight excluding hydrogens is 353 g/mol. The maximum atomic E-state index is 12.1. The number of ether oxygens (including phenoxy) is 2. The molecule has 0 aliphatic heterocycles. The monoisotopic (exact) mass is 366 g/mol. The topological polar surface area (TPSA) is 82.0 Å². The van der Waals surface area contributed by atoms with E-state index in [-0.39, 0.29) is 23.8 Å². The van der Waals surface area contributed by atoms with E-state index in [0.29, 0.717) is 17.1 Å². The second-order valence-corrected chi connectivity index (χ2v) is 5.32. The number of nitrogens with one attached hydrogen (secondary N) is 1. The molecule has 0 atom stereocenters. The summed E-state index contributed by atoms with van der Waals surface area (Å²) in [6.07, 6.45) is -4.73. The maximum Gasteiger partial charge on any atom is 0.573 e. The normalized spacial score (nSPS) is 11.4. The molecule has 0 aliphatic rings. The van der Waals surface area contributed by atoms with Gasteiger partial charge in [-0.2, -0.15) is 4.68 Å². The maximum absolute atomic E-state index is 12.1. The van der Waals surface area contributed by atoms with Crippen LogP contribution in [0.1, 0.15) is 11.3 Å². The van der Waals surface area contributed by atoms with Gasteiger partial charge in [0.25, 0.3) is 5.56 Å². The van der Waals surface area contributed by atoms with E-state index >= 15 is 0 Å². The molecule has 0 amide bonds. The number of rotatable bonds is 5. The lowest BCUT2D eigenvalue weighted by Gasteiger charge is -2.09. The number of aromatic nitrogens is 4. The van der Waals surface area contributed by atoms with Crippen molar-refractivity contribution in [2.24, 2.45) is 0 Å². The Kier molecular flexibility index (Phi) is 4.65. The Balaban J connectivity index is 1.61. The van der Waals surface area contributed by atoms with Gasteiger partial charge in [-0.1, -0.05) is 12.1 Å². The number of alkyl halides is 3. The molecule has 26 heavy (non-hydrogen) atoms. The quantitative estimate of drug-likeness (QED) is 0.751. The predicted molar refractivity (Wildman–Crippen MR) is 84.2 cm³/mol. The summed E-state index contributed by atoms with van der Waals surface area (Å²) >= 11 is 0. The molecule has 1 aromatic carbocycles. The molecule has 3 aromatic rings. The Morgan fingerprint density at radius 2 is 1.85 bits per heavy atom. The fourth-order valence-electron chi connectivity index (χ4n) is 2.14. The minimum absolute atomic E-state index is 0.0852. The summed E-state index contributed by atoms with van der Waals surface area (Å²) in [6, 6.07) is 9.81. The van der Waals surface area contributed by atoms with Crippen LogP contribution in [-0.2, 0) is 6.61 Å². The molecule has 0 fully saturated rings. The highest BCUT2D eigenvalue weighted by Gasteiger charge is 2.30. The Labute approximate surface area is 145 Å². The van der Waals surface area contributed by atoms with Gasteiger partial charge in [-0.3, -0.25) is 9.89 Å². The van der Waals surface area contributed by atoms with Gasteiger partial charge in [-0.25, -0.2) is 0 Å². The van der Waals surface area contributed by atoms with Crippen LogP contribution in [0.25, 0.3) is 5.82 Å². The first-order valence-corrected chi connectivity index (χ1v) is 7.40. The summed E-state index contributed by atoms with van der Waals surface area (Å²) in [5.41, 5.74) is 1.06. The zero-order valence-electron chi connectivity index (χ0n) is 13.4. The van der Waals surface area contributed by atoms with Gasteiger partial charge >= 0.3 is 6.36 Å². The molecule has 3 rings (SSSR count). The first-order chi connectivity index (χ1) is 12.3. The molecule has 136 valence electrons. The summed E-state index contributed by atoms with van der Waals surface area (Å²) in [5.74, 6) is 0.210. The van der Waals surface area contributed by atoms with Crippen LogP contribution in [0.2, 0.25) is 0 Å². The molecule has 0 aliphatic carbocycles. The van der Waals surface area contributed by atoms with Crippen LogP contribution < -0.4 is 15.0 Å². The number of hydrogen-bond acceptors (Lipinski definition) is 5. The number of hydrogen-bond donors (Lipinski definition) is 1. The van der Waals surface area contributed by atoms with Crippen molar-refractivity contribution in [1.29, 1.82) is 0 Å². The van der Waals surface area contributed by atoms with E-state index in [1.54, 1.807) is 13.0 Å². The van der Waals surface area contributed by atoms with Crippen molar-refractivity contribution < 1.29 is 22.6 Å². The van der Waals surface area contributed by atoms with E-state index in [0.717, 1.165) is 0 Å². The first kappa shape index (κ1) is 17.5. The van der Waals surface area contributed by atoms with Crippen LogP contribution in [0.4, 0.5) is 13.2 Å². The number of halogens is 3. The highest BCUT2D eigenvalue weighted by Crippen LogP contribution is 2.23. The smallest absolute Gasteiger partial charge is 0.472 e. The van der Waals surface area contributed by atoms with E-state index in [4.69, 9.17) is 4.74 Å². The summed E-state index contributed by atoms with van der Waals surface area (Å²) in [6.45, 7) is 1.83. The van der Waals surface area contributed by atoms with Crippen LogP contribution in [0.5, 0.6) is 11.6 Å². The SMILES string of the molecule is Cc1cc(=O)n(-c2ccc(OCc3ccc(OC(F)(F)F)cc3)nn2)[nH]1. The van der Waals surface area contributed by atoms with Gasteiger partial charge in [0.1, 0.15) is 12.4 Å². The fraction of sp³-hybridized carbons (Fsp3) is 0.188. The van der Waals surface area contributed by atoms with E-state index in [9.17, 15) is 18.0 Å². The summed E-state index contributed by atoms with van der Waals surface area (Å²) < 4.78 is 46.8. The molecule has 7 nitrogen and oxygen atoms in total. The standard InChI is InChI=1S/C16H13F3N4O3/c1-10-8-15(24)23(22-10)13-6-7-14(21-20-13)25-9-11-2-4-12(5-3-11)26-16(17,18)19/h2-8,22H,9H2,1H3. The van der Waals surface area contributed by atoms with Gasteiger partial charge in [0, 0.05) is 17.8 Å². The molecule has 0 spiro atoms. The average Bonchev–Trinajstić information content (AvgIpc) is 2.92. The summed E-state index contributed by atoms with van der Waals surface area (Å²) in [7, 11) is 0. The number of benzene rings is 1. The predicted octanol–water partition coefficient (Wildman–Crippen LogP) is 2.74. The number of aromatic amines is 1. The van der Waals surface area contributed by atoms with Crippen molar-refractivity contribution in [3.8, 4) is 17.4 Å². The highest BCUT2D eigenvalue weighted by atomic mass is 19.4. The van der Waals surface area contributed by atoms with E-state index in [1.807, 2.05) is 0 Å². The molecule has 0 saturated heterocycles. The molecule has 0 radical (unpaired) electrons. The van der Waals surface area contributed by atoms with Crippen LogP contribution >= 0.6 is 0 Å². The average molecular weight is 366 g/mol. The molecule has 2 aromatic heterocycles. The minimum atomic E-state index is -4.73. The molecule has 0 bridgehead atoms. The number of aryl methyl sites for hydroxylation is 1. The van der Waals surface area contributed by atoms with Gasteiger partial charge in [0.2, 0.25) is 5.88 Å². The third kappa shape index (κ3) is 4.41. The van der Waals surface area contributed by atoms with Crippen molar-refractivity contribution in [2.45, 2.75) is 19.9 Å². The summed E-state index contributed by atoms with van der Waals surface area (Å²) in [5, 5.41) is 10.6. The number of nitrogens with zero attached hydrogens (tertiary/aromatic N) is 3. The minimum Gasteiger partial charge on any atom is -0.472 e. The highest BCUT2D eigenvalue weighted by molar-refractivity contribution is 5.28. The van der Waals surface area contributed by atoms with Gasteiger partial charge in [0.15, 0.2) is 5.82 Å². The lowest BCUT2D eigenvalue weighted by atomic mass is 10.2. The molecule has 0 unspecified atom stereocenters. The second kappa shape index (κ2) is 6.90. The molecule has 2 heterocycles. The van der Waals surface area contributed by atoms with E-state index in [1.165, 1.54) is 41.1 Å². The van der Waals surface area contributed by atoms with Crippen LogP contribution in [-0.4, -0.2) is 26.3 Å². The Bertz CT molecular complexity index is 931. The third-order valence-electron chi connectivity index (χ3n) is 3.25. The van der Waals surface area contributed by atoms with Crippen molar-refractivity contribution in [3.05, 3.63) is 64.1 Å². The zero-order chi connectivity index (χ0) is 18.7. The molecule has 1 N–H and O–H groups in total. The lowest BCUT2D eigenvalue weighted by Crippen LogP contribution is -2.17. The van der Waals surface area contributed by atoms with Gasteiger partial charge in [0.05, 0.1) is 0 Å². The zero-order valence-corrected chi connectivity index (χ0v) is 13.4. The van der Waals surface area contributed by atoms with Gasteiger partial charge in [-0.05, 0) is 30.7 Å². The van der Waals surface area contributed by atoms with Crippen LogP contribution in [0.15, 0.2) is 47.3 Å². The summed E-state index contributed by atoms with van der Waals surface area (Å²) in [4.78, 5) is 11.7. The van der Waals surface area contributed by atoms with Crippen molar-refractivity contribution >= 4 is 0 Å². The largest absolute Gasteiger partial charge is 0.573 e. The van der Waals surface area contributed by atoms with Crippen molar-refractivity contribution in [3.63, 3.8) is 0 Å². The van der Waals surface area contributed by atoms with E-state index in [2.05, 4.69) is 20.0 Å². The Hall–Kier alpha value is -3.30. The third-order valence-corrected chi connectivity index (χ3v) is 3.25. The first-order valence-electron chi connectivity index (χ1n) is 7.40. The molecule has 0 saturated carbocycles. The lowest BCUT2D eigenvalue weighted by molar-refractivity contribution is -0.274. The van der Waals surface area contributed by atoms with E-state index < -0.39 is 6.36 Å².